The molecular weight excluding hydrogens is 496 g/mol. The van der Waals surface area contributed by atoms with E-state index in [1.807, 2.05) is 90.6 Å². The number of nitrogens with zero attached hydrogens (tertiary/aromatic N) is 4. The standard InChI is InChI=1S/C29H34N6O2S/c1-29(2,27(37)31-23-12-14-24(15-13-23)33(3)4)35(18-21-9-8-16-30-17-21)26(36)20-34-19-25(32-28(34)38)22-10-6-5-7-11-22/h5-17,25H,18-20H2,1-4H3,(H,31,37)(H,32,38). The van der Waals surface area contributed by atoms with Gasteiger partial charge in [-0.2, -0.15) is 0 Å². The number of anilines is 2. The molecule has 0 bridgehead atoms. The Bertz CT molecular complexity index is 1270. The summed E-state index contributed by atoms with van der Waals surface area (Å²) in [5, 5.41) is 6.82. The molecule has 4 rings (SSSR count). The molecule has 1 atom stereocenters. The van der Waals surface area contributed by atoms with Crippen LogP contribution in [0.1, 0.15) is 31.0 Å². The molecule has 2 N–H and O–H groups in total. The molecule has 2 amide bonds. The smallest absolute Gasteiger partial charge is 0.249 e. The quantitative estimate of drug-likeness (QED) is 0.407. The molecule has 1 unspecified atom stereocenters. The summed E-state index contributed by atoms with van der Waals surface area (Å²) in [5.74, 6) is -0.480. The van der Waals surface area contributed by atoms with Gasteiger partial charge in [0, 0.05) is 51.0 Å². The number of aromatic nitrogens is 1. The van der Waals surface area contributed by atoms with E-state index in [0.29, 0.717) is 17.3 Å². The number of amides is 2. The van der Waals surface area contributed by atoms with Gasteiger partial charge >= 0.3 is 0 Å². The number of carbonyl (C=O) groups is 2. The molecular formula is C29H34N6O2S. The van der Waals surface area contributed by atoms with Crippen LogP contribution in [-0.4, -0.2) is 64.4 Å². The van der Waals surface area contributed by atoms with Gasteiger partial charge in [0.2, 0.25) is 11.8 Å². The number of thiocarbonyl (C=S) groups is 1. The molecule has 0 spiro atoms. The van der Waals surface area contributed by atoms with Crippen LogP contribution < -0.4 is 15.5 Å². The fraction of sp³-hybridized carbons (Fsp3) is 0.310. The highest BCUT2D eigenvalue weighted by Crippen LogP contribution is 2.25. The molecule has 0 radical (unpaired) electrons. The minimum absolute atomic E-state index is 0.00437. The fourth-order valence-electron chi connectivity index (χ4n) is 4.37. The zero-order valence-electron chi connectivity index (χ0n) is 22.2. The molecule has 0 aliphatic carbocycles. The van der Waals surface area contributed by atoms with E-state index in [9.17, 15) is 9.59 Å². The van der Waals surface area contributed by atoms with E-state index >= 15 is 0 Å². The Hall–Kier alpha value is -3.98. The molecule has 38 heavy (non-hydrogen) atoms. The van der Waals surface area contributed by atoms with Crippen molar-refractivity contribution in [1.29, 1.82) is 0 Å². The van der Waals surface area contributed by atoms with E-state index in [-0.39, 0.29) is 30.9 Å². The van der Waals surface area contributed by atoms with E-state index in [0.717, 1.165) is 16.8 Å². The number of nitrogens with one attached hydrogen (secondary N) is 2. The first-order valence-corrected chi connectivity index (χ1v) is 12.9. The van der Waals surface area contributed by atoms with Crippen LogP contribution in [0, 0.1) is 0 Å². The van der Waals surface area contributed by atoms with Crippen LogP contribution in [0.5, 0.6) is 0 Å². The highest BCUT2D eigenvalue weighted by Gasteiger charge is 2.39. The number of rotatable bonds is 9. The topological polar surface area (TPSA) is 80.8 Å². The summed E-state index contributed by atoms with van der Waals surface area (Å²) in [5.41, 5.74) is 2.48. The number of carbonyl (C=O) groups excluding carboxylic acids is 2. The minimum atomic E-state index is -1.15. The van der Waals surface area contributed by atoms with Crippen molar-refractivity contribution in [2.24, 2.45) is 0 Å². The Balaban J connectivity index is 1.52. The minimum Gasteiger partial charge on any atom is -0.378 e. The molecule has 1 fully saturated rings. The Morgan fingerprint density at radius 2 is 1.79 bits per heavy atom. The van der Waals surface area contributed by atoms with Crippen molar-refractivity contribution < 1.29 is 9.59 Å². The predicted octanol–water partition coefficient (Wildman–Crippen LogP) is 3.82. The Morgan fingerprint density at radius 3 is 2.42 bits per heavy atom. The Kier molecular flexibility index (Phi) is 8.26. The number of hydrogen-bond acceptors (Lipinski definition) is 5. The van der Waals surface area contributed by atoms with Gasteiger partial charge in [-0.1, -0.05) is 36.4 Å². The maximum atomic E-state index is 13.8. The molecule has 2 aromatic carbocycles. The molecule has 1 aliphatic heterocycles. The summed E-state index contributed by atoms with van der Waals surface area (Å²) < 4.78 is 0. The predicted molar refractivity (Wildman–Crippen MR) is 155 cm³/mol. The van der Waals surface area contributed by atoms with E-state index in [4.69, 9.17) is 12.2 Å². The van der Waals surface area contributed by atoms with Gasteiger partial charge in [0.05, 0.1) is 12.6 Å². The molecule has 0 saturated carbocycles. The third kappa shape index (κ3) is 6.28. The van der Waals surface area contributed by atoms with Crippen molar-refractivity contribution in [3.8, 4) is 0 Å². The van der Waals surface area contributed by atoms with Gasteiger partial charge in [-0.25, -0.2) is 0 Å². The average molecular weight is 531 g/mol. The fourth-order valence-corrected chi connectivity index (χ4v) is 4.65. The maximum Gasteiger partial charge on any atom is 0.249 e. The van der Waals surface area contributed by atoms with Crippen molar-refractivity contribution >= 4 is 40.5 Å². The number of hydrogen-bond donors (Lipinski definition) is 2. The van der Waals surface area contributed by atoms with Crippen LogP contribution in [-0.2, 0) is 16.1 Å². The third-order valence-electron chi connectivity index (χ3n) is 6.75. The normalized spacial score (nSPS) is 15.1. The van der Waals surface area contributed by atoms with Gasteiger partial charge in [0.1, 0.15) is 5.54 Å². The van der Waals surface area contributed by atoms with Crippen LogP contribution in [0.15, 0.2) is 79.1 Å². The van der Waals surface area contributed by atoms with E-state index in [1.54, 1.807) is 31.1 Å². The van der Waals surface area contributed by atoms with Crippen molar-refractivity contribution in [3.63, 3.8) is 0 Å². The zero-order valence-corrected chi connectivity index (χ0v) is 23.0. The molecule has 8 nitrogen and oxygen atoms in total. The average Bonchev–Trinajstić information content (AvgIpc) is 3.28. The number of benzene rings is 2. The van der Waals surface area contributed by atoms with E-state index in [2.05, 4.69) is 15.6 Å². The summed E-state index contributed by atoms with van der Waals surface area (Å²) in [6, 6.07) is 21.3. The lowest BCUT2D eigenvalue weighted by Crippen LogP contribution is -2.57. The van der Waals surface area contributed by atoms with Crippen LogP contribution >= 0.6 is 12.2 Å². The maximum absolute atomic E-state index is 13.8. The van der Waals surface area contributed by atoms with Crippen molar-refractivity contribution in [2.75, 3.05) is 37.4 Å². The van der Waals surface area contributed by atoms with Crippen LogP contribution in [0.25, 0.3) is 0 Å². The lowest BCUT2D eigenvalue weighted by Gasteiger charge is -2.38. The van der Waals surface area contributed by atoms with Gasteiger partial charge in [0.15, 0.2) is 5.11 Å². The Morgan fingerprint density at radius 1 is 1.08 bits per heavy atom. The zero-order chi connectivity index (χ0) is 27.3. The second-order valence-corrected chi connectivity index (χ2v) is 10.5. The highest BCUT2D eigenvalue weighted by molar-refractivity contribution is 7.80. The lowest BCUT2D eigenvalue weighted by molar-refractivity contribution is -0.144. The second kappa shape index (κ2) is 11.6. The van der Waals surface area contributed by atoms with E-state index < -0.39 is 5.54 Å². The largest absolute Gasteiger partial charge is 0.378 e. The number of pyridine rings is 1. The Labute approximate surface area is 229 Å². The van der Waals surface area contributed by atoms with Gasteiger partial charge in [-0.3, -0.25) is 14.6 Å². The van der Waals surface area contributed by atoms with Gasteiger partial charge in [-0.05, 0) is 67.5 Å². The van der Waals surface area contributed by atoms with Crippen molar-refractivity contribution in [2.45, 2.75) is 32.0 Å². The first-order valence-electron chi connectivity index (χ1n) is 12.5. The van der Waals surface area contributed by atoms with Gasteiger partial charge in [-0.15, -0.1) is 0 Å². The van der Waals surface area contributed by atoms with Gasteiger partial charge < -0.3 is 25.3 Å². The summed E-state index contributed by atoms with van der Waals surface area (Å²) in [6.45, 7) is 4.39. The third-order valence-corrected chi connectivity index (χ3v) is 7.13. The van der Waals surface area contributed by atoms with E-state index in [1.165, 1.54) is 0 Å². The SMILES string of the molecule is CN(C)c1ccc(NC(=O)C(C)(C)N(Cc2cccnc2)C(=O)CN2CC(c3ccccc3)NC2=S)cc1. The monoisotopic (exact) mass is 530 g/mol. The van der Waals surface area contributed by atoms with Gasteiger partial charge in [0.25, 0.3) is 0 Å². The summed E-state index contributed by atoms with van der Waals surface area (Å²) in [6.07, 6.45) is 3.39. The molecule has 198 valence electrons. The first-order chi connectivity index (χ1) is 18.1. The summed E-state index contributed by atoms with van der Waals surface area (Å²) in [4.78, 5) is 37.0. The first kappa shape index (κ1) is 27.1. The summed E-state index contributed by atoms with van der Waals surface area (Å²) >= 11 is 5.56. The second-order valence-electron chi connectivity index (χ2n) is 10.1. The van der Waals surface area contributed by atoms with Crippen molar-refractivity contribution in [3.05, 3.63) is 90.3 Å². The highest BCUT2D eigenvalue weighted by atomic mass is 32.1. The van der Waals surface area contributed by atoms with Crippen LogP contribution in [0.2, 0.25) is 0 Å². The van der Waals surface area contributed by atoms with Crippen LogP contribution in [0.4, 0.5) is 11.4 Å². The van der Waals surface area contributed by atoms with Crippen LogP contribution in [0.3, 0.4) is 0 Å². The summed E-state index contributed by atoms with van der Waals surface area (Å²) in [7, 11) is 3.92. The lowest BCUT2D eigenvalue weighted by atomic mass is 9.99. The molecule has 1 aromatic heterocycles. The molecule has 3 aromatic rings. The molecule has 1 aliphatic rings. The molecule has 9 heteroatoms. The van der Waals surface area contributed by atoms with Crippen molar-refractivity contribution in [1.82, 2.24) is 20.1 Å². The molecule has 1 saturated heterocycles. The molecule has 2 heterocycles.